The van der Waals surface area contributed by atoms with Crippen molar-refractivity contribution in [2.75, 3.05) is 0 Å². The molecule has 2 rings (SSSR count). The van der Waals surface area contributed by atoms with Gasteiger partial charge in [-0.2, -0.15) is 0 Å². The van der Waals surface area contributed by atoms with Gasteiger partial charge in [0.1, 0.15) is 5.76 Å². The Morgan fingerprint density at radius 1 is 1.30 bits per heavy atom. The minimum atomic E-state index is 0.940. The van der Waals surface area contributed by atoms with Gasteiger partial charge < -0.3 is 4.42 Å². The van der Waals surface area contributed by atoms with Gasteiger partial charge in [0.05, 0.1) is 0 Å². The Bertz CT molecular complexity index is 346. The normalized spacial score (nSPS) is 10.5. The molecule has 49 valence electrons. The Labute approximate surface area is 59.3 Å². The molecular weight excluding hydrogens is 124 g/mol. The fourth-order valence-electron chi connectivity index (χ4n) is 1.07. The second-order valence-corrected chi connectivity index (χ2v) is 2.31. The molecule has 0 spiro atoms. The lowest BCUT2D eigenvalue weighted by molar-refractivity contribution is 0.531. The first-order valence-corrected chi connectivity index (χ1v) is 3.24. The molecule has 0 aliphatic carbocycles. The van der Waals surface area contributed by atoms with E-state index in [0.717, 1.165) is 16.5 Å². The summed E-state index contributed by atoms with van der Waals surface area (Å²) in [6.07, 6.45) is 2.81. The van der Waals surface area contributed by atoms with Crippen LogP contribution in [0.1, 0.15) is 5.76 Å². The van der Waals surface area contributed by atoms with Crippen molar-refractivity contribution < 1.29 is 4.42 Å². The summed E-state index contributed by atoms with van der Waals surface area (Å²) in [5.74, 6) is 0.940. The fourth-order valence-corrected chi connectivity index (χ4v) is 1.07. The molecule has 1 heterocycles. The zero-order chi connectivity index (χ0) is 6.97. The maximum absolute atomic E-state index is 5.09. The highest BCUT2D eigenvalue weighted by molar-refractivity contribution is 5.83. The first-order chi connectivity index (χ1) is 4.88. The van der Waals surface area contributed by atoms with E-state index in [1.54, 1.807) is 0 Å². The molecule has 1 nitrogen and oxygen atoms in total. The molecule has 0 unspecified atom stereocenters. The van der Waals surface area contributed by atoms with Gasteiger partial charge in [-0.3, -0.25) is 0 Å². The van der Waals surface area contributed by atoms with E-state index in [1.165, 1.54) is 0 Å². The average Bonchev–Trinajstić information content (AvgIpc) is 2.34. The van der Waals surface area contributed by atoms with Crippen LogP contribution in [-0.2, 0) is 0 Å². The van der Waals surface area contributed by atoms with E-state index in [9.17, 15) is 0 Å². The summed E-state index contributed by atoms with van der Waals surface area (Å²) < 4.78 is 5.09. The second kappa shape index (κ2) is 1.87. The third kappa shape index (κ3) is 0.637. The monoisotopic (exact) mass is 131 g/mol. The molecular formula is C9H7O. The van der Waals surface area contributed by atoms with Crippen molar-refractivity contribution in [1.29, 1.82) is 0 Å². The predicted molar refractivity (Wildman–Crippen MR) is 39.8 cm³/mol. The molecule has 1 heteroatoms. The van der Waals surface area contributed by atoms with Crippen molar-refractivity contribution in [1.82, 2.24) is 0 Å². The Hall–Kier alpha value is -1.24. The minimum absolute atomic E-state index is 0.940. The topological polar surface area (TPSA) is 13.1 Å². The van der Waals surface area contributed by atoms with Crippen LogP contribution in [0.4, 0.5) is 0 Å². The van der Waals surface area contributed by atoms with Crippen molar-refractivity contribution in [2.45, 2.75) is 6.92 Å². The van der Waals surface area contributed by atoms with Crippen LogP contribution in [0.25, 0.3) is 10.8 Å². The van der Waals surface area contributed by atoms with Gasteiger partial charge in [-0.05, 0) is 6.92 Å². The summed E-state index contributed by atoms with van der Waals surface area (Å²) in [6.45, 7) is 1.94. The molecule has 1 aromatic carbocycles. The first-order valence-electron chi connectivity index (χ1n) is 3.24. The lowest BCUT2D eigenvalue weighted by Crippen LogP contribution is -1.64. The highest BCUT2D eigenvalue weighted by atomic mass is 16.3. The third-order valence-electron chi connectivity index (χ3n) is 1.62. The summed E-state index contributed by atoms with van der Waals surface area (Å²) in [4.78, 5) is 0. The van der Waals surface area contributed by atoms with Crippen molar-refractivity contribution >= 4 is 10.8 Å². The van der Waals surface area contributed by atoms with Crippen LogP contribution in [0.5, 0.6) is 0 Å². The van der Waals surface area contributed by atoms with Gasteiger partial charge in [0.2, 0.25) is 0 Å². The standard InChI is InChI=1S/C9H7O/c1-7-9-5-3-2-4-8(9)6-10-7/h2-5H,1H3. The van der Waals surface area contributed by atoms with Gasteiger partial charge in [-0.15, -0.1) is 0 Å². The molecule has 0 atom stereocenters. The maximum Gasteiger partial charge on any atom is 0.178 e. The molecule has 0 saturated carbocycles. The summed E-state index contributed by atoms with van der Waals surface area (Å²) in [7, 11) is 0. The van der Waals surface area contributed by atoms with Crippen LogP contribution in [0.3, 0.4) is 0 Å². The Balaban J connectivity index is 2.93. The molecule has 0 bridgehead atoms. The van der Waals surface area contributed by atoms with Gasteiger partial charge in [0.25, 0.3) is 0 Å². The molecule has 0 saturated heterocycles. The highest BCUT2D eigenvalue weighted by Gasteiger charge is 1.98. The number of hydrogen-bond donors (Lipinski definition) is 0. The van der Waals surface area contributed by atoms with E-state index in [-0.39, 0.29) is 0 Å². The van der Waals surface area contributed by atoms with Gasteiger partial charge in [-0.1, -0.05) is 24.3 Å². The van der Waals surface area contributed by atoms with Gasteiger partial charge >= 0.3 is 0 Å². The molecule has 0 amide bonds. The Kier molecular flexibility index (Phi) is 1.04. The zero-order valence-electron chi connectivity index (χ0n) is 5.72. The number of fused-ring (bicyclic) bond motifs is 1. The van der Waals surface area contributed by atoms with Gasteiger partial charge in [0.15, 0.2) is 6.26 Å². The lowest BCUT2D eigenvalue weighted by atomic mass is 10.2. The summed E-state index contributed by atoms with van der Waals surface area (Å²) in [5, 5.41) is 2.21. The first kappa shape index (κ1) is 5.54. The molecule has 0 aliphatic rings. The molecule has 1 radical (unpaired) electrons. The fraction of sp³-hybridized carbons (Fsp3) is 0.111. The lowest BCUT2D eigenvalue weighted by Gasteiger charge is -1.84. The summed E-state index contributed by atoms with van der Waals surface area (Å²) >= 11 is 0. The summed E-state index contributed by atoms with van der Waals surface area (Å²) in [5.41, 5.74) is 0. The predicted octanol–water partition coefficient (Wildman–Crippen LogP) is 2.54. The highest BCUT2D eigenvalue weighted by Crippen LogP contribution is 2.18. The molecule has 0 fully saturated rings. The largest absolute Gasteiger partial charge is 0.457 e. The van der Waals surface area contributed by atoms with Crippen molar-refractivity contribution in [3.05, 3.63) is 36.3 Å². The molecule has 1 aromatic heterocycles. The van der Waals surface area contributed by atoms with Crippen LogP contribution in [0, 0.1) is 13.2 Å². The van der Waals surface area contributed by atoms with Gasteiger partial charge in [-0.25, -0.2) is 0 Å². The van der Waals surface area contributed by atoms with Crippen molar-refractivity contribution in [3.8, 4) is 0 Å². The van der Waals surface area contributed by atoms with Crippen LogP contribution in [-0.4, -0.2) is 0 Å². The van der Waals surface area contributed by atoms with E-state index in [2.05, 4.69) is 6.26 Å². The van der Waals surface area contributed by atoms with Crippen LogP contribution >= 0.6 is 0 Å². The van der Waals surface area contributed by atoms with Gasteiger partial charge in [0, 0.05) is 10.8 Å². The number of hydrogen-bond acceptors (Lipinski definition) is 1. The Morgan fingerprint density at radius 3 is 2.90 bits per heavy atom. The SMILES string of the molecule is Cc1o[c]c2ccccc12. The average molecular weight is 131 g/mol. The van der Waals surface area contributed by atoms with E-state index < -0.39 is 0 Å². The number of aryl methyl sites for hydroxylation is 1. The second-order valence-electron chi connectivity index (χ2n) is 2.31. The van der Waals surface area contributed by atoms with E-state index in [1.807, 2.05) is 31.2 Å². The zero-order valence-corrected chi connectivity index (χ0v) is 5.72. The minimum Gasteiger partial charge on any atom is -0.457 e. The number of rotatable bonds is 0. The summed E-state index contributed by atoms with van der Waals surface area (Å²) in [6, 6.07) is 8.00. The molecule has 0 N–H and O–H groups in total. The van der Waals surface area contributed by atoms with Crippen LogP contribution in [0.15, 0.2) is 28.7 Å². The van der Waals surface area contributed by atoms with Crippen LogP contribution in [0.2, 0.25) is 0 Å². The van der Waals surface area contributed by atoms with E-state index in [4.69, 9.17) is 4.42 Å². The third-order valence-corrected chi connectivity index (χ3v) is 1.62. The molecule has 2 aromatic rings. The van der Waals surface area contributed by atoms with Crippen molar-refractivity contribution in [3.63, 3.8) is 0 Å². The Morgan fingerprint density at radius 2 is 2.10 bits per heavy atom. The quantitative estimate of drug-likeness (QED) is 0.535. The van der Waals surface area contributed by atoms with Crippen LogP contribution < -0.4 is 0 Å². The maximum atomic E-state index is 5.09. The smallest absolute Gasteiger partial charge is 0.178 e. The molecule has 0 aliphatic heterocycles. The van der Waals surface area contributed by atoms with E-state index in [0.29, 0.717) is 0 Å². The number of furan rings is 1. The number of benzene rings is 1. The molecule has 10 heavy (non-hydrogen) atoms. The van der Waals surface area contributed by atoms with Crippen molar-refractivity contribution in [2.24, 2.45) is 0 Å². The van der Waals surface area contributed by atoms with E-state index >= 15 is 0 Å².